The highest BCUT2D eigenvalue weighted by molar-refractivity contribution is 6.31. The summed E-state index contributed by atoms with van der Waals surface area (Å²) >= 11 is 5.96. The van der Waals surface area contributed by atoms with Gasteiger partial charge in [-0.1, -0.05) is 11.6 Å². The molecule has 33 heavy (non-hydrogen) atoms. The number of aromatic nitrogens is 2. The number of benzene rings is 1. The molecule has 0 saturated carbocycles. The second-order valence-electron chi connectivity index (χ2n) is 8.47. The number of carbonyl (C=O) groups excluding carboxylic acids is 2. The number of fused-ring (bicyclic) bond motifs is 1. The summed E-state index contributed by atoms with van der Waals surface area (Å²) in [6.45, 7) is 4.46. The standard InChI is InChI=1S/C21H24ClF3N4O4/c1-20(2,3)33-19(31)28-8-7-13-15(10-28)29(27-18(13)21(23,24)25)11-17(30)26-14-9-12(22)5-6-16(14)32-4/h5-6,9H,7-8,10-11H2,1-4H3,(H,26,30). The van der Waals surface area contributed by atoms with E-state index in [-0.39, 0.29) is 36.5 Å². The van der Waals surface area contributed by atoms with E-state index in [1.165, 1.54) is 18.1 Å². The lowest BCUT2D eigenvalue weighted by molar-refractivity contribution is -0.142. The van der Waals surface area contributed by atoms with Crippen LogP contribution in [0.5, 0.6) is 5.75 Å². The molecule has 0 atom stereocenters. The monoisotopic (exact) mass is 488 g/mol. The van der Waals surface area contributed by atoms with Crippen molar-refractivity contribution in [2.45, 2.75) is 52.1 Å². The Labute approximate surface area is 193 Å². The van der Waals surface area contributed by atoms with Gasteiger partial charge in [-0.05, 0) is 45.4 Å². The first kappa shape index (κ1) is 24.7. The minimum Gasteiger partial charge on any atom is -0.495 e. The third kappa shape index (κ3) is 5.89. The second-order valence-corrected chi connectivity index (χ2v) is 8.91. The number of hydrogen-bond acceptors (Lipinski definition) is 5. The lowest BCUT2D eigenvalue weighted by Crippen LogP contribution is -2.40. The zero-order valence-electron chi connectivity index (χ0n) is 18.5. The fourth-order valence-electron chi connectivity index (χ4n) is 3.42. The summed E-state index contributed by atoms with van der Waals surface area (Å²) in [5, 5.41) is 6.59. The molecule has 0 bridgehead atoms. The van der Waals surface area contributed by atoms with Crippen LogP contribution in [-0.4, -0.2) is 45.9 Å². The number of ether oxygens (including phenoxy) is 2. The lowest BCUT2D eigenvalue weighted by Gasteiger charge is -2.30. The van der Waals surface area contributed by atoms with Crippen LogP contribution < -0.4 is 10.1 Å². The third-order valence-electron chi connectivity index (χ3n) is 4.79. The summed E-state index contributed by atoms with van der Waals surface area (Å²) in [5.74, 6) is -0.300. The van der Waals surface area contributed by atoms with Crippen LogP contribution in [0.4, 0.5) is 23.7 Å². The van der Waals surface area contributed by atoms with Crippen LogP contribution in [-0.2, 0) is 35.2 Å². The molecule has 1 aromatic heterocycles. The predicted molar refractivity (Wildman–Crippen MR) is 114 cm³/mol. The molecule has 1 aliphatic rings. The van der Waals surface area contributed by atoms with E-state index in [0.29, 0.717) is 10.8 Å². The highest BCUT2D eigenvalue weighted by Gasteiger charge is 2.41. The van der Waals surface area contributed by atoms with Gasteiger partial charge in [-0.3, -0.25) is 9.48 Å². The maximum absolute atomic E-state index is 13.6. The molecular weight excluding hydrogens is 465 g/mol. The Balaban J connectivity index is 1.87. The van der Waals surface area contributed by atoms with Crippen molar-refractivity contribution in [3.63, 3.8) is 0 Å². The summed E-state index contributed by atoms with van der Waals surface area (Å²) in [6, 6.07) is 4.58. The zero-order valence-corrected chi connectivity index (χ0v) is 19.3. The summed E-state index contributed by atoms with van der Waals surface area (Å²) < 4.78 is 52.2. The largest absolute Gasteiger partial charge is 0.495 e. The molecule has 1 N–H and O–H groups in total. The molecule has 2 heterocycles. The Morgan fingerprint density at radius 3 is 2.55 bits per heavy atom. The molecule has 1 aliphatic heterocycles. The van der Waals surface area contributed by atoms with E-state index in [9.17, 15) is 22.8 Å². The van der Waals surface area contributed by atoms with Gasteiger partial charge in [0.25, 0.3) is 0 Å². The number of hydrogen-bond donors (Lipinski definition) is 1. The van der Waals surface area contributed by atoms with E-state index in [1.807, 2.05) is 0 Å². The topological polar surface area (TPSA) is 85.7 Å². The van der Waals surface area contributed by atoms with Crippen LogP contribution in [0.15, 0.2) is 18.2 Å². The maximum atomic E-state index is 13.6. The van der Waals surface area contributed by atoms with Crippen molar-refractivity contribution in [3.05, 3.63) is 40.2 Å². The zero-order chi connectivity index (χ0) is 24.6. The summed E-state index contributed by atoms with van der Waals surface area (Å²) in [5.41, 5.74) is -1.45. The Morgan fingerprint density at radius 1 is 1.24 bits per heavy atom. The molecule has 0 fully saturated rings. The number of rotatable bonds is 4. The van der Waals surface area contributed by atoms with E-state index in [0.717, 1.165) is 4.68 Å². The van der Waals surface area contributed by atoms with Crippen LogP contribution in [0.1, 0.15) is 37.7 Å². The first-order valence-electron chi connectivity index (χ1n) is 10.1. The highest BCUT2D eigenvalue weighted by atomic mass is 35.5. The molecule has 0 aliphatic carbocycles. The van der Waals surface area contributed by atoms with Gasteiger partial charge in [0, 0.05) is 17.1 Å². The van der Waals surface area contributed by atoms with Crippen molar-refractivity contribution < 1.29 is 32.2 Å². The molecule has 0 radical (unpaired) electrons. The normalized spacial score (nSPS) is 14.0. The molecule has 8 nitrogen and oxygen atoms in total. The van der Waals surface area contributed by atoms with Gasteiger partial charge in [-0.25, -0.2) is 4.79 Å². The Bertz CT molecular complexity index is 1060. The number of anilines is 1. The molecule has 1 aromatic carbocycles. The summed E-state index contributed by atoms with van der Waals surface area (Å²) in [7, 11) is 1.41. The van der Waals surface area contributed by atoms with Crippen molar-refractivity contribution in [2.24, 2.45) is 0 Å². The Hall–Kier alpha value is -2.95. The molecule has 0 unspecified atom stereocenters. The lowest BCUT2D eigenvalue weighted by atomic mass is 10.0. The van der Waals surface area contributed by atoms with E-state index >= 15 is 0 Å². The van der Waals surface area contributed by atoms with Gasteiger partial charge in [-0.15, -0.1) is 0 Å². The molecular formula is C21H24ClF3N4O4. The van der Waals surface area contributed by atoms with Crippen molar-refractivity contribution in [2.75, 3.05) is 19.0 Å². The van der Waals surface area contributed by atoms with E-state index in [2.05, 4.69) is 10.4 Å². The minimum absolute atomic E-state index is 0.0320. The van der Waals surface area contributed by atoms with Gasteiger partial charge >= 0.3 is 12.3 Å². The maximum Gasteiger partial charge on any atom is 0.435 e. The number of carbonyl (C=O) groups is 2. The Morgan fingerprint density at radius 2 is 1.94 bits per heavy atom. The third-order valence-corrected chi connectivity index (χ3v) is 5.02. The van der Waals surface area contributed by atoms with Crippen LogP contribution in [0.25, 0.3) is 0 Å². The van der Waals surface area contributed by atoms with Gasteiger partial charge in [0.05, 0.1) is 25.0 Å². The number of alkyl halides is 3. The van der Waals surface area contributed by atoms with Crippen LogP contribution in [0.2, 0.25) is 5.02 Å². The molecule has 0 saturated heterocycles. The summed E-state index contributed by atoms with van der Waals surface area (Å²) in [4.78, 5) is 26.4. The average Bonchev–Trinajstić information content (AvgIpc) is 3.05. The highest BCUT2D eigenvalue weighted by Crippen LogP contribution is 2.35. The fourth-order valence-corrected chi connectivity index (χ4v) is 3.60. The molecule has 2 amide bonds. The quantitative estimate of drug-likeness (QED) is 0.685. The second kappa shape index (κ2) is 9.12. The van der Waals surface area contributed by atoms with Crippen molar-refractivity contribution >= 4 is 29.3 Å². The number of amides is 2. The van der Waals surface area contributed by atoms with Gasteiger partial charge < -0.3 is 19.7 Å². The van der Waals surface area contributed by atoms with Crippen molar-refractivity contribution in [1.82, 2.24) is 14.7 Å². The molecule has 12 heteroatoms. The molecule has 0 spiro atoms. The predicted octanol–water partition coefficient (Wildman–Crippen LogP) is 4.50. The van der Waals surface area contributed by atoms with E-state index in [4.69, 9.17) is 21.1 Å². The van der Waals surface area contributed by atoms with Gasteiger partial charge in [0.1, 0.15) is 17.9 Å². The number of nitrogens with zero attached hydrogens (tertiary/aromatic N) is 3. The minimum atomic E-state index is -4.70. The van der Waals surface area contributed by atoms with Gasteiger partial charge in [0.2, 0.25) is 5.91 Å². The van der Waals surface area contributed by atoms with Crippen LogP contribution in [0, 0.1) is 0 Å². The molecule has 2 aromatic rings. The van der Waals surface area contributed by atoms with Crippen molar-refractivity contribution in [3.8, 4) is 5.75 Å². The first-order valence-corrected chi connectivity index (χ1v) is 10.4. The van der Waals surface area contributed by atoms with Gasteiger partial charge in [0.15, 0.2) is 5.69 Å². The van der Waals surface area contributed by atoms with E-state index < -0.39 is 36.0 Å². The smallest absolute Gasteiger partial charge is 0.435 e. The number of methoxy groups -OCH3 is 1. The Kier molecular flexibility index (Phi) is 6.83. The van der Waals surface area contributed by atoms with E-state index in [1.54, 1.807) is 32.9 Å². The SMILES string of the molecule is COc1ccc(Cl)cc1NC(=O)Cn1nc(C(F)(F)F)c2c1CN(C(=O)OC(C)(C)C)CC2. The fraction of sp³-hybridized carbons (Fsp3) is 0.476. The number of halogens is 4. The van der Waals surface area contributed by atoms with Crippen LogP contribution in [0.3, 0.4) is 0 Å². The summed E-state index contributed by atoms with van der Waals surface area (Å²) in [6.07, 6.45) is -5.41. The van der Waals surface area contributed by atoms with Crippen LogP contribution >= 0.6 is 11.6 Å². The molecule has 3 rings (SSSR count). The average molecular weight is 489 g/mol. The first-order chi connectivity index (χ1) is 15.3. The number of nitrogens with one attached hydrogen (secondary N) is 1. The molecule has 180 valence electrons. The van der Waals surface area contributed by atoms with Crippen molar-refractivity contribution in [1.29, 1.82) is 0 Å². The van der Waals surface area contributed by atoms with Gasteiger partial charge in [-0.2, -0.15) is 18.3 Å².